The Morgan fingerprint density at radius 2 is 1.90 bits per heavy atom. The molecule has 7 nitrogen and oxygen atoms in total. The Kier molecular flexibility index (Phi) is 5.74. The molecule has 0 aliphatic rings. The third-order valence-electron chi connectivity index (χ3n) is 2.65. The van der Waals surface area contributed by atoms with E-state index in [1.807, 2.05) is 25.4 Å². The zero-order valence-corrected chi connectivity index (χ0v) is 12.6. The lowest BCUT2D eigenvalue weighted by Gasteiger charge is -1.99. The molecule has 0 atom stereocenters. The van der Waals surface area contributed by atoms with Gasteiger partial charge >= 0.3 is 6.09 Å². The molecule has 1 amide bonds. The summed E-state index contributed by atoms with van der Waals surface area (Å²) in [7, 11) is -1.67. The Hall–Kier alpha value is -2.06. The molecular formula is C13H18N2O5S. The molecule has 21 heavy (non-hydrogen) atoms. The van der Waals surface area contributed by atoms with Crippen LogP contribution in [0.2, 0.25) is 0 Å². The van der Waals surface area contributed by atoms with Crippen molar-refractivity contribution in [2.45, 2.75) is 6.42 Å². The highest BCUT2D eigenvalue weighted by atomic mass is 32.2. The topological polar surface area (TPSA) is 109 Å². The average molecular weight is 314 g/mol. The monoisotopic (exact) mass is 314 g/mol. The fraction of sp³-hybridized carbons (Fsp3) is 0.308. The zero-order valence-electron chi connectivity index (χ0n) is 11.8. The quantitative estimate of drug-likeness (QED) is 0.744. The highest BCUT2D eigenvalue weighted by molar-refractivity contribution is 7.85. The number of hydrogen-bond donors (Lipinski definition) is 3. The van der Waals surface area contributed by atoms with Crippen LogP contribution in [0.5, 0.6) is 0 Å². The van der Waals surface area contributed by atoms with Crippen molar-refractivity contribution < 1.29 is 22.9 Å². The summed E-state index contributed by atoms with van der Waals surface area (Å²) in [5.74, 6) is 0. The minimum Gasteiger partial charge on any atom is -0.465 e. The Morgan fingerprint density at radius 1 is 1.33 bits per heavy atom. The van der Waals surface area contributed by atoms with Crippen LogP contribution in [0.1, 0.15) is 5.56 Å². The standard InChI is InChI=1S/C12H14N2O2.CH4O3S/c1-14-8-9(6-7-13-12(15)16)10-4-2-3-5-11(10)14;1-5(2,3)4/h2-5,8,13H,6-7H2,1H3,(H,15,16);1H3,(H,2,3,4). The second-order valence-corrected chi connectivity index (χ2v) is 5.96. The van der Waals surface area contributed by atoms with E-state index >= 15 is 0 Å². The van der Waals surface area contributed by atoms with Gasteiger partial charge in [0.15, 0.2) is 0 Å². The number of fused-ring (bicyclic) bond motifs is 1. The highest BCUT2D eigenvalue weighted by Crippen LogP contribution is 2.20. The van der Waals surface area contributed by atoms with Crippen LogP contribution < -0.4 is 5.32 Å². The van der Waals surface area contributed by atoms with E-state index in [1.165, 1.54) is 16.5 Å². The first-order valence-electron chi connectivity index (χ1n) is 6.10. The van der Waals surface area contributed by atoms with Crippen LogP contribution in [0.3, 0.4) is 0 Å². The molecule has 1 heterocycles. The Morgan fingerprint density at radius 3 is 2.48 bits per heavy atom. The van der Waals surface area contributed by atoms with Gasteiger partial charge < -0.3 is 15.0 Å². The van der Waals surface area contributed by atoms with Gasteiger partial charge in [-0.05, 0) is 18.1 Å². The van der Waals surface area contributed by atoms with Gasteiger partial charge in [0.1, 0.15) is 0 Å². The molecule has 0 radical (unpaired) electrons. The number of aromatic nitrogens is 1. The number of nitrogens with one attached hydrogen (secondary N) is 1. The molecule has 2 rings (SSSR count). The van der Waals surface area contributed by atoms with Crippen molar-refractivity contribution in [2.24, 2.45) is 7.05 Å². The summed E-state index contributed by atoms with van der Waals surface area (Å²) in [4.78, 5) is 10.3. The summed E-state index contributed by atoms with van der Waals surface area (Å²) in [6, 6.07) is 8.12. The maximum absolute atomic E-state index is 10.3. The van der Waals surface area contributed by atoms with Crippen molar-refractivity contribution in [3.63, 3.8) is 0 Å². The summed E-state index contributed by atoms with van der Waals surface area (Å²) >= 11 is 0. The normalized spacial score (nSPS) is 10.8. The SMILES string of the molecule is CS(=O)(=O)O.Cn1cc(CCNC(=O)O)c2ccccc21. The molecule has 1 aromatic heterocycles. The van der Waals surface area contributed by atoms with Crippen molar-refractivity contribution in [3.05, 3.63) is 36.0 Å². The summed E-state index contributed by atoms with van der Waals surface area (Å²) < 4.78 is 27.9. The van der Waals surface area contributed by atoms with Gasteiger partial charge in [0.25, 0.3) is 10.1 Å². The summed E-state index contributed by atoms with van der Waals surface area (Å²) in [5, 5.41) is 12.1. The van der Waals surface area contributed by atoms with E-state index in [0.717, 1.165) is 0 Å². The molecule has 0 saturated heterocycles. The molecule has 0 aliphatic carbocycles. The number of carboxylic acid groups (broad SMARTS) is 1. The summed E-state index contributed by atoms with van der Waals surface area (Å²) in [6.07, 6.45) is 2.51. The number of para-hydroxylation sites is 1. The van der Waals surface area contributed by atoms with E-state index in [-0.39, 0.29) is 0 Å². The second kappa shape index (κ2) is 7.09. The highest BCUT2D eigenvalue weighted by Gasteiger charge is 2.05. The van der Waals surface area contributed by atoms with E-state index in [4.69, 9.17) is 9.66 Å². The van der Waals surface area contributed by atoms with Gasteiger partial charge in [0, 0.05) is 30.7 Å². The average Bonchev–Trinajstić information content (AvgIpc) is 2.65. The van der Waals surface area contributed by atoms with Crippen LogP contribution in [0, 0.1) is 0 Å². The van der Waals surface area contributed by atoms with Gasteiger partial charge in [-0.25, -0.2) is 4.79 Å². The number of benzene rings is 1. The lowest BCUT2D eigenvalue weighted by atomic mass is 10.1. The number of carbonyl (C=O) groups is 1. The van der Waals surface area contributed by atoms with E-state index < -0.39 is 16.2 Å². The number of hydrogen-bond acceptors (Lipinski definition) is 3. The summed E-state index contributed by atoms with van der Waals surface area (Å²) in [5.41, 5.74) is 2.35. The van der Waals surface area contributed by atoms with E-state index in [1.54, 1.807) is 0 Å². The lowest BCUT2D eigenvalue weighted by Crippen LogP contribution is -2.23. The summed E-state index contributed by atoms with van der Waals surface area (Å²) in [6.45, 7) is 0.448. The van der Waals surface area contributed by atoms with E-state index in [9.17, 15) is 13.2 Å². The molecule has 1 aromatic carbocycles. The lowest BCUT2D eigenvalue weighted by molar-refractivity contribution is 0.194. The number of rotatable bonds is 3. The fourth-order valence-corrected chi connectivity index (χ4v) is 1.93. The predicted octanol–water partition coefficient (Wildman–Crippen LogP) is 1.49. The van der Waals surface area contributed by atoms with Gasteiger partial charge in [-0.2, -0.15) is 8.42 Å². The van der Waals surface area contributed by atoms with Crippen molar-refractivity contribution in [1.82, 2.24) is 9.88 Å². The molecular weight excluding hydrogens is 296 g/mol. The van der Waals surface area contributed by atoms with Crippen LogP contribution in [0.25, 0.3) is 10.9 Å². The second-order valence-electron chi connectivity index (χ2n) is 4.50. The molecule has 0 aliphatic heterocycles. The molecule has 8 heteroatoms. The molecule has 0 saturated carbocycles. The van der Waals surface area contributed by atoms with Crippen molar-refractivity contribution in [2.75, 3.05) is 12.8 Å². The minimum absolute atomic E-state index is 0.448. The maximum Gasteiger partial charge on any atom is 0.404 e. The number of aryl methyl sites for hydroxylation is 1. The molecule has 0 bridgehead atoms. The van der Waals surface area contributed by atoms with Gasteiger partial charge in [-0.1, -0.05) is 18.2 Å². The Balaban J connectivity index is 0.000000383. The smallest absolute Gasteiger partial charge is 0.404 e. The van der Waals surface area contributed by atoms with Crippen LogP contribution in [-0.2, 0) is 23.6 Å². The van der Waals surface area contributed by atoms with E-state index in [2.05, 4.69) is 22.0 Å². The predicted molar refractivity (Wildman–Crippen MR) is 80.1 cm³/mol. The number of amides is 1. The third-order valence-corrected chi connectivity index (χ3v) is 2.65. The van der Waals surface area contributed by atoms with E-state index in [0.29, 0.717) is 19.2 Å². The third kappa shape index (κ3) is 6.28. The van der Waals surface area contributed by atoms with Crippen molar-refractivity contribution >= 4 is 27.1 Å². The van der Waals surface area contributed by atoms with Crippen LogP contribution in [-0.4, -0.2) is 41.5 Å². The fourth-order valence-electron chi connectivity index (χ4n) is 1.93. The van der Waals surface area contributed by atoms with Crippen molar-refractivity contribution in [3.8, 4) is 0 Å². The van der Waals surface area contributed by atoms with Gasteiger partial charge in [-0.3, -0.25) is 4.55 Å². The van der Waals surface area contributed by atoms with Crippen LogP contribution >= 0.6 is 0 Å². The Bertz CT molecular complexity index is 713. The first kappa shape index (κ1) is 17.0. The first-order chi connectivity index (χ1) is 9.68. The maximum atomic E-state index is 10.3. The molecule has 2 aromatic rings. The van der Waals surface area contributed by atoms with Crippen LogP contribution in [0.15, 0.2) is 30.5 Å². The van der Waals surface area contributed by atoms with Gasteiger partial charge in [0.2, 0.25) is 0 Å². The Labute approximate surface area is 122 Å². The molecule has 0 fully saturated rings. The van der Waals surface area contributed by atoms with Gasteiger partial charge in [0.05, 0.1) is 6.26 Å². The minimum atomic E-state index is -3.67. The molecule has 116 valence electrons. The van der Waals surface area contributed by atoms with Crippen LogP contribution in [0.4, 0.5) is 4.79 Å². The van der Waals surface area contributed by atoms with Gasteiger partial charge in [-0.15, -0.1) is 0 Å². The largest absolute Gasteiger partial charge is 0.465 e. The molecule has 0 unspecified atom stereocenters. The molecule has 0 spiro atoms. The molecule has 3 N–H and O–H groups in total. The number of nitrogens with zero attached hydrogens (tertiary/aromatic N) is 1. The first-order valence-corrected chi connectivity index (χ1v) is 7.95. The zero-order chi connectivity index (χ0) is 16.0. The van der Waals surface area contributed by atoms with Crippen molar-refractivity contribution in [1.29, 1.82) is 0 Å².